The maximum absolute atomic E-state index is 10.1. The molecular weight excluding hydrogens is 272 g/mol. The molecule has 4 N–H and O–H groups in total. The molecule has 0 aliphatic heterocycles. The summed E-state index contributed by atoms with van der Waals surface area (Å²) in [6.45, 7) is 6.31. The van der Waals surface area contributed by atoms with E-state index in [1.807, 2.05) is 37.6 Å². The standard InChI is InChI=1S/C14H20N4OS/c1-8(2)13-17-12(15)9(3)14(18-13)16-6-11(19)10-4-5-20-7-10/h4-5,7-8,11,19H,6H2,1-3H3,(H3,15,16,17,18). The molecule has 108 valence electrons. The van der Waals surface area contributed by atoms with Gasteiger partial charge in [0.25, 0.3) is 0 Å². The number of nitrogen functional groups attached to an aromatic ring is 1. The van der Waals surface area contributed by atoms with E-state index in [9.17, 15) is 5.11 Å². The third-order valence-corrected chi connectivity index (χ3v) is 3.81. The van der Waals surface area contributed by atoms with E-state index in [1.54, 1.807) is 11.3 Å². The second-order valence-electron chi connectivity index (χ2n) is 5.05. The molecule has 2 aromatic rings. The Morgan fingerprint density at radius 3 is 2.75 bits per heavy atom. The summed E-state index contributed by atoms with van der Waals surface area (Å²) < 4.78 is 0. The molecule has 0 saturated heterocycles. The van der Waals surface area contributed by atoms with Gasteiger partial charge in [-0.2, -0.15) is 11.3 Å². The summed E-state index contributed by atoms with van der Waals surface area (Å²) in [6.07, 6.45) is -0.556. The Labute approximate surface area is 122 Å². The quantitative estimate of drug-likeness (QED) is 0.789. The molecule has 20 heavy (non-hydrogen) atoms. The average Bonchev–Trinajstić information content (AvgIpc) is 2.93. The zero-order chi connectivity index (χ0) is 14.7. The summed E-state index contributed by atoms with van der Waals surface area (Å²) in [6, 6.07) is 1.91. The van der Waals surface area contributed by atoms with Gasteiger partial charge in [0.15, 0.2) is 0 Å². The molecular formula is C14H20N4OS. The summed E-state index contributed by atoms with van der Waals surface area (Å²) in [5, 5.41) is 17.1. The Morgan fingerprint density at radius 2 is 2.15 bits per heavy atom. The van der Waals surface area contributed by atoms with E-state index < -0.39 is 6.10 Å². The van der Waals surface area contributed by atoms with Crippen molar-refractivity contribution in [3.63, 3.8) is 0 Å². The van der Waals surface area contributed by atoms with E-state index in [0.29, 0.717) is 24.0 Å². The normalized spacial score (nSPS) is 12.7. The molecule has 1 unspecified atom stereocenters. The van der Waals surface area contributed by atoms with Crippen LogP contribution in [0.1, 0.15) is 42.8 Å². The van der Waals surface area contributed by atoms with Crippen molar-refractivity contribution in [1.29, 1.82) is 0 Å². The highest BCUT2D eigenvalue weighted by atomic mass is 32.1. The molecule has 0 aliphatic rings. The summed E-state index contributed by atoms with van der Waals surface area (Å²) in [7, 11) is 0. The Hall–Kier alpha value is -1.66. The first-order chi connectivity index (χ1) is 9.49. The number of rotatable bonds is 5. The van der Waals surface area contributed by atoms with Crippen LogP contribution in [0.15, 0.2) is 16.8 Å². The minimum absolute atomic E-state index is 0.209. The lowest BCUT2D eigenvalue weighted by Crippen LogP contribution is -2.15. The lowest BCUT2D eigenvalue weighted by atomic mass is 10.2. The topological polar surface area (TPSA) is 84.1 Å². The molecule has 0 spiro atoms. The van der Waals surface area contributed by atoms with Crippen LogP contribution in [-0.4, -0.2) is 21.6 Å². The minimum atomic E-state index is -0.556. The Morgan fingerprint density at radius 1 is 1.40 bits per heavy atom. The first-order valence-electron chi connectivity index (χ1n) is 6.57. The Balaban J connectivity index is 2.12. The van der Waals surface area contributed by atoms with E-state index in [-0.39, 0.29) is 5.92 Å². The van der Waals surface area contributed by atoms with Gasteiger partial charge < -0.3 is 16.2 Å². The number of hydrogen-bond donors (Lipinski definition) is 3. The lowest BCUT2D eigenvalue weighted by molar-refractivity contribution is 0.192. The average molecular weight is 292 g/mol. The first-order valence-corrected chi connectivity index (χ1v) is 7.51. The predicted octanol–water partition coefficient (Wildman–Crippen LogP) is 2.70. The Kier molecular flexibility index (Phi) is 4.57. The molecule has 5 nitrogen and oxygen atoms in total. The molecule has 2 rings (SSSR count). The SMILES string of the molecule is Cc1c(N)nc(C(C)C)nc1NCC(O)c1ccsc1. The molecule has 1 atom stereocenters. The van der Waals surface area contributed by atoms with Crippen LogP contribution in [-0.2, 0) is 0 Å². The van der Waals surface area contributed by atoms with E-state index in [1.165, 1.54) is 0 Å². The molecule has 2 aromatic heterocycles. The molecule has 0 radical (unpaired) electrons. The first kappa shape index (κ1) is 14.7. The van der Waals surface area contributed by atoms with Crippen LogP contribution < -0.4 is 11.1 Å². The van der Waals surface area contributed by atoms with Crippen molar-refractivity contribution in [3.8, 4) is 0 Å². The van der Waals surface area contributed by atoms with Gasteiger partial charge in [-0.25, -0.2) is 9.97 Å². The number of nitrogens with one attached hydrogen (secondary N) is 1. The molecule has 0 fully saturated rings. The number of aromatic nitrogens is 2. The van der Waals surface area contributed by atoms with E-state index >= 15 is 0 Å². The maximum Gasteiger partial charge on any atom is 0.135 e. The summed E-state index contributed by atoms with van der Waals surface area (Å²) in [5.74, 6) is 2.09. The number of nitrogens with two attached hydrogens (primary N) is 1. The van der Waals surface area contributed by atoms with Crippen molar-refractivity contribution in [2.75, 3.05) is 17.6 Å². The second-order valence-corrected chi connectivity index (χ2v) is 5.83. The minimum Gasteiger partial charge on any atom is -0.387 e. The van der Waals surface area contributed by atoms with Crippen molar-refractivity contribution in [2.45, 2.75) is 32.8 Å². The van der Waals surface area contributed by atoms with Crippen molar-refractivity contribution >= 4 is 23.0 Å². The van der Waals surface area contributed by atoms with Crippen molar-refractivity contribution in [2.24, 2.45) is 0 Å². The van der Waals surface area contributed by atoms with Gasteiger partial charge in [-0.3, -0.25) is 0 Å². The highest BCUT2D eigenvalue weighted by Gasteiger charge is 2.13. The molecule has 0 aromatic carbocycles. The lowest BCUT2D eigenvalue weighted by Gasteiger charge is -2.15. The fourth-order valence-corrected chi connectivity index (χ4v) is 2.47. The predicted molar refractivity (Wildman–Crippen MR) is 83.0 cm³/mol. The van der Waals surface area contributed by atoms with Crippen LogP contribution in [0.4, 0.5) is 11.6 Å². The van der Waals surface area contributed by atoms with Gasteiger partial charge in [-0.15, -0.1) is 0 Å². The second kappa shape index (κ2) is 6.19. The zero-order valence-corrected chi connectivity index (χ0v) is 12.7. The van der Waals surface area contributed by atoms with Crippen molar-refractivity contribution < 1.29 is 5.11 Å². The van der Waals surface area contributed by atoms with Gasteiger partial charge in [-0.05, 0) is 29.3 Å². The number of anilines is 2. The van der Waals surface area contributed by atoms with Gasteiger partial charge in [0.05, 0.1) is 6.10 Å². The number of thiophene rings is 1. The largest absolute Gasteiger partial charge is 0.387 e. The van der Waals surface area contributed by atoms with Crippen LogP contribution in [0.2, 0.25) is 0 Å². The molecule has 0 saturated carbocycles. The van der Waals surface area contributed by atoms with Crippen LogP contribution in [0.5, 0.6) is 0 Å². The van der Waals surface area contributed by atoms with Gasteiger partial charge in [0.2, 0.25) is 0 Å². The van der Waals surface area contributed by atoms with Crippen molar-refractivity contribution in [3.05, 3.63) is 33.8 Å². The molecule has 6 heteroatoms. The van der Waals surface area contributed by atoms with Gasteiger partial charge in [0, 0.05) is 18.0 Å². The highest BCUT2D eigenvalue weighted by Crippen LogP contribution is 2.22. The fraction of sp³-hybridized carbons (Fsp3) is 0.429. The maximum atomic E-state index is 10.1. The molecule has 0 amide bonds. The smallest absolute Gasteiger partial charge is 0.135 e. The number of nitrogens with zero attached hydrogens (tertiary/aromatic N) is 2. The van der Waals surface area contributed by atoms with Gasteiger partial charge in [-0.1, -0.05) is 13.8 Å². The fourth-order valence-electron chi connectivity index (χ4n) is 1.76. The third-order valence-electron chi connectivity index (χ3n) is 3.11. The number of aliphatic hydroxyl groups excluding tert-OH is 1. The van der Waals surface area contributed by atoms with Crippen LogP contribution in [0, 0.1) is 6.92 Å². The van der Waals surface area contributed by atoms with Crippen LogP contribution >= 0.6 is 11.3 Å². The van der Waals surface area contributed by atoms with Crippen molar-refractivity contribution in [1.82, 2.24) is 9.97 Å². The Bertz CT molecular complexity index is 569. The summed E-state index contributed by atoms with van der Waals surface area (Å²) in [4.78, 5) is 8.75. The van der Waals surface area contributed by atoms with E-state index in [0.717, 1.165) is 11.1 Å². The molecule has 2 heterocycles. The molecule has 0 aliphatic carbocycles. The van der Waals surface area contributed by atoms with Gasteiger partial charge >= 0.3 is 0 Å². The monoisotopic (exact) mass is 292 g/mol. The summed E-state index contributed by atoms with van der Waals surface area (Å²) >= 11 is 1.57. The number of aliphatic hydroxyl groups is 1. The van der Waals surface area contributed by atoms with Crippen LogP contribution in [0.25, 0.3) is 0 Å². The zero-order valence-electron chi connectivity index (χ0n) is 11.9. The third kappa shape index (κ3) is 3.26. The van der Waals surface area contributed by atoms with E-state index in [2.05, 4.69) is 15.3 Å². The number of hydrogen-bond acceptors (Lipinski definition) is 6. The van der Waals surface area contributed by atoms with E-state index in [4.69, 9.17) is 5.73 Å². The van der Waals surface area contributed by atoms with Gasteiger partial charge in [0.1, 0.15) is 17.5 Å². The summed E-state index contributed by atoms with van der Waals surface area (Å²) in [5.41, 5.74) is 7.63. The molecule has 0 bridgehead atoms. The highest BCUT2D eigenvalue weighted by molar-refractivity contribution is 7.07. The van der Waals surface area contributed by atoms with Crippen LogP contribution in [0.3, 0.4) is 0 Å².